The predicted octanol–water partition coefficient (Wildman–Crippen LogP) is 3.02. The number of halogens is 3. The third kappa shape index (κ3) is 2.88. The number of nitrogens with zero attached hydrogens (tertiary/aromatic N) is 2. The number of hydrogen-bond donors (Lipinski definition) is 1. The van der Waals surface area contributed by atoms with Gasteiger partial charge in [0.1, 0.15) is 28.9 Å². The lowest BCUT2D eigenvalue weighted by molar-refractivity contribution is 0.560. The minimum absolute atomic E-state index is 0.00809. The van der Waals surface area contributed by atoms with E-state index in [0.29, 0.717) is 5.82 Å². The van der Waals surface area contributed by atoms with Crippen molar-refractivity contribution in [1.82, 2.24) is 9.97 Å². The van der Waals surface area contributed by atoms with Gasteiger partial charge in [-0.2, -0.15) is 0 Å². The van der Waals surface area contributed by atoms with Gasteiger partial charge in [0.15, 0.2) is 0 Å². The molecular weight excluding hydrogens is 248 g/mol. The van der Waals surface area contributed by atoms with Gasteiger partial charge >= 0.3 is 0 Å². The van der Waals surface area contributed by atoms with Gasteiger partial charge in [0, 0.05) is 18.2 Å². The van der Waals surface area contributed by atoms with E-state index in [0.717, 1.165) is 0 Å². The van der Waals surface area contributed by atoms with E-state index < -0.39 is 11.6 Å². The Hall–Kier alpha value is -1.75. The van der Waals surface area contributed by atoms with Gasteiger partial charge in [0.05, 0.1) is 0 Å². The van der Waals surface area contributed by atoms with E-state index in [1.807, 2.05) is 0 Å². The lowest BCUT2D eigenvalue weighted by atomic mass is 10.2. The van der Waals surface area contributed by atoms with Gasteiger partial charge in [-0.15, -0.1) is 0 Å². The van der Waals surface area contributed by atoms with Crippen LogP contribution in [0.1, 0.15) is 5.56 Å². The van der Waals surface area contributed by atoms with Gasteiger partial charge in [0.2, 0.25) is 0 Å². The molecule has 0 amide bonds. The number of nitrogens with one attached hydrogen (secondary N) is 1. The molecule has 0 unspecified atom stereocenters. The molecule has 0 saturated carbocycles. The van der Waals surface area contributed by atoms with Gasteiger partial charge < -0.3 is 5.32 Å². The summed E-state index contributed by atoms with van der Waals surface area (Å²) in [6, 6.07) is 5.19. The third-order valence-corrected chi connectivity index (χ3v) is 2.35. The van der Waals surface area contributed by atoms with Crippen LogP contribution in [-0.4, -0.2) is 9.97 Å². The Labute approximate surface area is 101 Å². The van der Waals surface area contributed by atoms with Crippen molar-refractivity contribution in [2.45, 2.75) is 6.54 Å². The molecule has 1 N–H and O–H groups in total. The number of aromatic nitrogens is 2. The molecule has 2 aromatic rings. The SMILES string of the molecule is Fc1cccc(F)c1CNc1cc(Cl)ncn1. The van der Waals surface area contributed by atoms with Gasteiger partial charge in [-0.3, -0.25) is 0 Å². The maximum atomic E-state index is 13.3. The average molecular weight is 256 g/mol. The summed E-state index contributed by atoms with van der Waals surface area (Å²) in [5.74, 6) is -0.789. The Balaban J connectivity index is 2.13. The fourth-order valence-electron chi connectivity index (χ4n) is 1.31. The van der Waals surface area contributed by atoms with Crippen molar-refractivity contribution in [1.29, 1.82) is 0 Å². The first-order valence-electron chi connectivity index (χ1n) is 4.81. The second kappa shape index (κ2) is 5.05. The highest BCUT2D eigenvalue weighted by Gasteiger charge is 2.08. The molecule has 0 saturated heterocycles. The largest absolute Gasteiger partial charge is 0.366 e. The molecule has 0 bridgehead atoms. The fraction of sp³-hybridized carbons (Fsp3) is 0.0909. The summed E-state index contributed by atoms with van der Waals surface area (Å²) in [6.07, 6.45) is 1.27. The number of benzene rings is 1. The molecule has 0 atom stereocenters. The van der Waals surface area contributed by atoms with Crippen molar-refractivity contribution < 1.29 is 8.78 Å². The molecule has 1 aromatic carbocycles. The van der Waals surface area contributed by atoms with E-state index in [4.69, 9.17) is 11.6 Å². The van der Waals surface area contributed by atoms with Crippen molar-refractivity contribution >= 4 is 17.4 Å². The van der Waals surface area contributed by atoms with Crippen LogP contribution in [0.2, 0.25) is 5.15 Å². The van der Waals surface area contributed by atoms with Crippen LogP contribution in [0.25, 0.3) is 0 Å². The molecule has 2 rings (SSSR count). The summed E-state index contributed by atoms with van der Waals surface area (Å²) < 4.78 is 26.6. The van der Waals surface area contributed by atoms with Gasteiger partial charge in [-0.1, -0.05) is 17.7 Å². The quantitative estimate of drug-likeness (QED) is 0.857. The summed E-state index contributed by atoms with van der Waals surface area (Å²) in [5, 5.41) is 3.03. The van der Waals surface area contributed by atoms with Crippen molar-refractivity contribution in [3.63, 3.8) is 0 Å². The topological polar surface area (TPSA) is 37.8 Å². The maximum absolute atomic E-state index is 13.3. The fourth-order valence-corrected chi connectivity index (χ4v) is 1.46. The number of rotatable bonds is 3. The molecule has 6 heteroatoms. The van der Waals surface area contributed by atoms with E-state index in [2.05, 4.69) is 15.3 Å². The van der Waals surface area contributed by atoms with Crippen molar-refractivity contribution in [3.05, 3.63) is 52.9 Å². The van der Waals surface area contributed by atoms with Crippen LogP contribution in [0.5, 0.6) is 0 Å². The molecule has 1 heterocycles. The Bertz CT molecular complexity index is 514. The second-order valence-electron chi connectivity index (χ2n) is 3.28. The first-order chi connectivity index (χ1) is 8.16. The summed E-state index contributed by atoms with van der Waals surface area (Å²) in [4.78, 5) is 7.56. The Morgan fingerprint density at radius 2 is 1.88 bits per heavy atom. The van der Waals surface area contributed by atoms with Crippen molar-refractivity contribution in [2.75, 3.05) is 5.32 Å². The van der Waals surface area contributed by atoms with Crippen molar-refractivity contribution in [2.24, 2.45) is 0 Å². The summed E-state index contributed by atoms with van der Waals surface area (Å²) in [5.41, 5.74) is -0.0396. The molecule has 0 aliphatic heterocycles. The molecule has 0 aliphatic rings. The second-order valence-corrected chi connectivity index (χ2v) is 3.67. The lowest BCUT2D eigenvalue weighted by Crippen LogP contribution is -2.05. The van der Waals surface area contributed by atoms with E-state index in [9.17, 15) is 8.78 Å². The highest BCUT2D eigenvalue weighted by atomic mass is 35.5. The van der Waals surface area contributed by atoms with Crippen LogP contribution in [0.4, 0.5) is 14.6 Å². The smallest absolute Gasteiger partial charge is 0.134 e. The first kappa shape index (κ1) is 11.7. The monoisotopic (exact) mass is 255 g/mol. The molecule has 0 aliphatic carbocycles. The first-order valence-corrected chi connectivity index (χ1v) is 5.19. The van der Waals surface area contributed by atoms with Gasteiger partial charge in [-0.05, 0) is 12.1 Å². The molecule has 3 nitrogen and oxygen atoms in total. The third-order valence-electron chi connectivity index (χ3n) is 2.14. The van der Waals surface area contributed by atoms with Crippen LogP contribution in [0.15, 0.2) is 30.6 Å². The lowest BCUT2D eigenvalue weighted by Gasteiger charge is -2.07. The van der Waals surface area contributed by atoms with Gasteiger partial charge in [0.25, 0.3) is 0 Å². The summed E-state index contributed by atoms with van der Waals surface area (Å²) >= 11 is 5.65. The zero-order chi connectivity index (χ0) is 12.3. The van der Waals surface area contributed by atoms with E-state index in [1.54, 1.807) is 0 Å². The zero-order valence-electron chi connectivity index (χ0n) is 8.62. The van der Waals surface area contributed by atoms with E-state index in [-0.39, 0.29) is 17.3 Å². The molecule has 1 aromatic heterocycles. The minimum Gasteiger partial charge on any atom is -0.366 e. The highest BCUT2D eigenvalue weighted by molar-refractivity contribution is 6.29. The van der Waals surface area contributed by atoms with Crippen LogP contribution in [0, 0.1) is 11.6 Å². The van der Waals surface area contributed by atoms with Crippen LogP contribution in [-0.2, 0) is 6.54 Å². The standard InChI is InChI=1S/C11H8ClF2N3/c12-10-4-11(17-6-16-10)15-5-7-8(13)2-1-3-9(7)14/h1-4,6H,5H2,(H,15,16,17). The normalized spacial score (nSPS) is 10.3. The maximum Gasteiger partial charge on any atom is 0.134 e. The Kier molecular flexibility index (Phi) is 3.49. The van der Waals surface area contributed by atoms with E-state index >= 15 is 0 Å². The van der Waals surface area contributed by atoms with Crippen LogP contribution < -0.4 is 5.32 Å². The summed E-state index contributed by atoms with van der Waals surface area (Å²) in [6.45, 7) is -0.00809. The average Bonchev–Trinajstić information content (AvgIpc) is 2.28. The van der Waals surface area contributed by atoms with Crippen LogP contribution >= 0.6 is 11.6 Å². The van der Waals surface area contributed by atoms with Crippen LogP contribution in [0.3, 0.4) is 0 Å². The van der Waals surface area contributed by atoms with E-state index in [1.165, 1.54) is 30.6 Å². The molecule has 0 radical (unpaired) electrons. The molecule has 88 valence electrons. The Morgan fingerprint density at radius 1 is 1.18 bits per heavy atom. The molecule has 17 heavy (non-hydrogen) atoms. The zero-order valence-corrected chi connectivity index (χ0v) is 9.38. The molecular formula is C11H8ClF2N3. The number of anilines is 1. The van der Waals surface area contributed by atoms with Crippen molar-refractivity contribution in [3.8, 4) is 0 Å². The highest BCUT2D eigenvalue weighted by Crippen LogP contribution is 2.15. The minimum atomic E-state index is -0.599. The summed E-state index contributed by atoms with van der Waals surface area (Å²) in [7, 11) is 0. The Morgan fingerprint density at radius 3 is 2.53 bits per heavy atom. The molecule has 0 fully saturated rings. The molecule has 0 spiro atoms. The number of hydrogen-bond acceptors (Lipinski definition) is 3. The predicted molar refractivity (Wildman–Crippen MR) is 60.7 cm³/mol. The van der Waals surface area contributed by atoms with Gasteiger partial charge in [-0.25, -0.2) is 18.7 Å².